The van der Waals surface area contributed by atoms with Gasteiger partial charge >= 0.3 is 0 Å². The van der Waals surface area contributed by atoms with Crippen LogP contribution in [0.3, 0.4) is 0 Å². The van der Waals surface area contributed by atoms with Crippen molar-refractivity contribution in [3.05, 3.63) is 52.6 Å². The number of pyridine rings is 1. The molecule has 0 radical (unpaired) electrons. The summed E-state index contributed by atoms with van der Waals surface area (Å²) >= 11 is 3.34. The van der Waals surface area contributed by atoms with Crippen LogP contribution in [0.2, 0.25) is 0 Å². The Morgan fingerprint density at radius 2 is 2.12 bits per heavy atom. The molecule has 1 aromatic carbocycles. The fourth-order valence-corrected chi connectivity index (χ4v) is 1.52. The van der Waals surface area contributed by atoms with Crippen LogP contribution >= 0.6 is 15.9 Å². The first-order valence-corrected chi connectivity index (χ1v) is 5.52. The molecule has 2 aromatic rings. The van der Waals surface area contributed by atoms with Crippen LogP contribution in [-0.4, -0.2) is 4.98 Å². The molecule has 2 rings (SSSR count). The van der Waals surface area contributed by atoms with Crippen LogP contribution in [-0.2, 0) is 0 Å². The molecule has 1 N–H and O–H groups in total. The lowest BCUT2D eigenvalue weighted by Crippen LogP contribution is -1.92. The van der Waals surface area contributed by atoms with Crippen molar-refractivity contribution in [2.24, 2.45) is 0 Å². The summed E-state index contributed by atoms with van der Waals surface area (Å²) in [6.07, 6.45) is 7.08. The summed E-state index contributed by atoms with van der Waals surface area (Å²) in [6.45, 7) is 0. The molecule has 0 bridgehead atoms. The minimum atomic E-state index is 0.789. The Bertz CT molecular complexity index is 526. The molecule has 0 unspecified atom stereocenters. The summed E-state index contributed by atoms with van der Waals surface area (Å²) in [5, 5.41) is 3.18. The third-order valence-corrected chi connectivity index (χ3v) is 2.50. The van der Waals surface area contributed by atoms with Gasteiger partial charge in [0.2, 0.25) is 0 Å². The zero-order valence-electron chi connectivity index (χ0n) is 8.44. The summed E-state index contributed by atoms with van der Waals surface area (Å²) in [6, 6.07) is 11.5. The molecule has 0 fully saturated rings. The van der Waals surface area contributed by atoms with Crippen LogP contribution < -0.4 is 5.32 Å². The van der Waals surface area contributed by atoms with E-state index in [-0.39, 0.29) is 0 Å². The maximum atomic E-state index is 5.33. The Morgan fingerprint density at radius 3 is 2.81 bits per heavy atom. The van der Waals surface area contributed by atoms with E-state index in [1.807, 2.05) is 36.4 Å². The average molecular weight is 273 g/mol. The molecule has 0 spiro atoms. The minimum absolute atomic E-state index is 0.789. The molecule has 0 saturated heterocycles. The van der Waals surface area contributed by atoms with E-state index >= 15 is 0 Å². The van der Waals surface area contributed by atoms with Gasteiger partial charge in [0.05, 0.1) is 0 Å². The van der Waals surface area contributed by atoms with E-state index in [1.165, 1.54) is 0 Å². The van der Waals surface area contributed by atoms with Crippen LogP contribution in [0.15, 0.2) is 47.1 Å². The van der Waals surface area contributed by atoms with Crippen molar-refractivity contribution in [2.75, 3.05) is 5.32 Å². The lowest BCUT2D eigenvalue weighted by atomic mass is 10.2. The fourth-order valence-electron chi connectivity index (χ4n) is 1.28. The predicted molar refractivity (Wildman–Crippen MR) is 69.6 cm³/mol. The third-order valence-electron chi connectivity index (χ3n) is 2.03. The van der Waals surface area contributed by atoms with Crippen LogP contribution in [0.5, 0.6) is 0 Å². The summed E-state index contributed by atoms with van der Waals surface area (Å²) in [7, 11) is 0. The van der Waals surface area contributed by atoms with Gasteiger partial charge in [-0.05, 0) is 46.3 Å². The number of hydrogen-bond donors (Lipinski definition) is 1. The molecule has 0 saturated carbocycles. The third kappa shape index (κ3) is 2.62. The Labute approximate surface area is 103 Å². The SMILES string of the molecule is C#Cc1cccc(Nc2ccc(Br)cn2)c1. The van der Waals surface area contributed by atoms with Gasteiger partial charge in [-0.25, -0.2) is 4.98 Å². The molecule has 2 nitrogen and oxygen atoms in total. The topological polar surface area (TPSA) is 24.9 Å². The van der Waals surface area contributed by atoms with E-state index in [1.54, 1.807) is 6.20 Å². The number of hydrogen-bond acceptors (Lipinski definition) is 2. The number of halogens is 1. The number of aromatic nitrogens is 1. The zero-order valence-corrected chi connectivity index (χ0v) is 10.0. The first-order valence-electron chi connectivity index (χ1n) is 4.73. The van der Waals surface area contributed by atoms with Gasteiger partial charge in [0.25, 0.3) is 0 Å². The summed E-state index contributed by atoms with van der Waals surface area (Å²) < 4.78 is 0.954. The van der Waals surface area contributed by atoms with Crippen LogP contribution in [0, 0.1) is 12.3 Å². The summed E-state index contributed by atoms with van der Waals surface area (Å²) in [5.74, 6) is 3.38. The molecular formula is C13H9BrN2. The van der Waals surface area contributed by atoms with Crippen LogP contribution in [0.4, 0.5) is 11.5 Å². The number of anilines is 2. The van der Waals surface area contributed by atoms with Crippen LogP contribution in [0.25, 0.3) is 0 Å². The second kappa shape index (κ2) is 4.82. The molecular weight excluding hydrogens is 264 g/mol. The predicted octanol–water partition coefficient (Wildman–Crippen LogP) is 3.57. The van der Waals surface area contributed by atoms with Gasteiger partial charge in [-0.2, -0.15) is 0 Å². The molecule has 0 atom stereocenters. The van der Waals surface area contributed by atoms with E-state index in [9.17, 15) is 0 Å². The first-order chi connectivity index (χ1) is 7.78. The Kier molecular flexibility index (Phi) is 3.23. The fraction of sp³-hybridized carbons (Fsp3) is 0. The summed E-state index contributed by atoms with van der Waals surface area (Å²) in [5.41, 5.74) is 1.78. The van der Waals surface area contributed by atoms with Gasteiger partial charge < -0.3 is 5.32 Å². The van der Waals surface area contributed by atoms with E-state index in [4.69, 9.17) is 6.42 Å². The van der Waals surface area contributed by atoms with Gasteiger partial charge in [0.15, 0.2) is 0 Å². The average Bonchev–Trinajstić information content (AvgIpc) is 2.32. The quantitative estimate of drug-likeness (QED) is 0.846. The Hall–Kier alpha value is -1.79. The van der Waals surface area contributed by atoms with Crippen molar-refractivity contribution in [3.8, 4) is 12.3 Å². The van der Waals surface area contributed by atoms with Gasteiger partial charge in [-0.3, -0.25) is 0 Å². The normalized spacial score (nSPS) is 9.50. The molecule has 0 aliphatic rings. The van der Waals surface area contributed by atoms with E-state index < -0.39 is 0 Å². The number of nitrogens with one attached hydrogen (secondary N) is 1. The van der Waals surface area contributed by atoms with Gasteiger partial charge in [0, 0.05) is 21.9 Å². The molecule has 0 aliphatic heterocycles. The highest BCUT2D eigenvalue weighted by molar-refractivity contribution is 9.10. The van der Waals surface area contributed by atoms with Crippen molar-refractivity contribution in [3.63, 3.8) is 0 Å². The molecule has 0 amide bonds. The standard InChI is InChI=1S/C13H9BrN2/c1-2-10-4-3-5-12(8-10)16-13-7-6-11(14)9-15-13/h1,3-9H,(H,15,16). The van der Waals surface area contributed by atoms with Crippen molar-refractivity contribution in [2.45, 2.75) is 0 Å². The van der Waals surface area contributed by atoms with Crippen molar-refractivity contribution in [1.82, 2.24) is 4.98 Å². The maximum absolute atomic E-state index is 5.33. The molecule has 3 heteroatoms. The number of nitrogens with zero attached hydrogens (tertiary/aromatic N) is 1. The van der Waals surface area contributed by atoms with Crippen LogP contribution in [0.1, 0.15) is 5.56 Å². The lowest BCUT2D eigenvalue weighted by Gasteiger charge is -2.05. The highest BCUT2D eigenvalue weighted by Crippen LogP contribution is 2.17. The second-order valence-electron chi connectivity index (χ2n) is 3.21. The molecule has 16 heavy (non-hydrogen) atoms. The smallest absolute Gasteiger partial charge is 0.130 e. The van der Waals surface area contributed by atoms with Crippen molar-refractivity contribution >= 4 is 27.4 Å². The Morgan fingerprint density at radius 1 is 1.25 bits per heavy atom. The minimum Gasteiger partial charge on any atom is -0.340 e. The second-order valence-corrected chi connectivity index (χ2v) is 4.13. The zero-order chi connectivity index (χ0) is 11.4. The molecule has 78 valence electrons. The van der Waals surface area contributed by atoms with Gasteiger partial charge in [-0.1, -0.05) is 12.0 Å². The lowest BCUT2D eigenvalue weighted by molar-refractivity contribution is 1.29. The molecule has 1 aromatic heterocycles. The van der Waals surface area contributed by atoms with Crippen molar-refractivity contribution in [1.29, 1.82) is 0 Å². The largest absolute Gasteiger partial charge is 0.340 e. The molecule has 0 aliphatic carbocycles. The maximum Gasteiger partial charge on any atom is 0.130 e. The van der Waals surface area contributed by atoms with E-state index in [2.05, 4.69) is 32.2 Å². The van der Waals surface area contributed by atoms with Crippen molar-refractivity contribution < 1.29 is 0 Å². The molecule has 1 heterocycles. The van der Waals surface area contributed by atoms with E-state index in [0.29, 0.717) is 0 Å². The Balaban J connectivity index is 2.21. The number of benzene rings is 1. The highest BCUT2D eigenvalue weighted by Gasteiger charge is 1.96. The van der Waals surface area contributed by atoms with Gasteiger partial charge in [-0.15, -0.1) is 6.42 Å². The monoisotopic (exact) mass is 272 g/mol. The van der Waals surface area contributed by atoms with E-state index in [0.717, 1.165) is 21.5 Å². The first kappa shape index (κ1) is 10.7. The summed E-state index contributed by atoms with van der Waals surface area (Å²) in [4.78, 5) is 4.22. The number of rotatable bonds is 2. The highest BCUT2D eigenvalue weighted by atomic mass is 79.9. The van der Waals surface area contributed by atoms with Gasteiger partial charge in [0.1, 0.15) is 5.82 Å². The number of terminal acetylenes is 1.